The Morgan fingerprint density at radius 3 is 2.08 bits per heavy atom. The normalized spacial score (nSPS) is 12.8. The van der Waals surface area contributed by atoms with Gasteiger partial charge < -0.3 is 15.1 Å². The SMILES string of the molecule is CC(C)(C)C(=O)NCP(=O)(O)O. The van der Waals surface area contributed by atoms with Crippen molar-refractivity contribution in [2.45, 2.75) is 20.8 Å². The lowest BCUT2D eigenvalue weighted by Gasteiger charge is -2.17. The van der Waals surface area contributed by atoms with Gasteiger partial charge >= 0.3 is 7.60 Å². The van der Waals surface area contributed by atoms with Crippen molar-refractivity contribution in [2.75, 3.05) is 6.29 Å². The summed E-state index contributed by atoms with van der Waals surface area (Å²) >= 11 is 0. The van der Waals surface area contributed by atoms with Crippen molar-refractivity contribution in [3.63, 3.8) is 0 Å². The predicted molar refractivity (Wildman–Crippen MR) is 44.5 cm³/mol. The summed E-state index contributed by atoms with van der Waals surface area (Å²) < 4.78 is 10.3. The molecule has 0 aromatic rings. The second-order valence-corrected chi connectivity index (χ2v) is 5.22. The number of hydrogen-bond donors (Lipinski definition) is 3. The lowest BCUT2D eigenvalue weighted by Crippen LogP contribution is -2.35. The van der Waals surface area contributed by atoms with Gasteiger partial charge in [-0.3, -0.25) is 9.36 Å². The maximum atomic E-state index is 11.1. The van der Waals surface area contributed by atoms with Crippen LogP contribution in [0.25, 0.3) is 0 Å². The summed E-state index contributed by atoms with van der Waals surface area (Å²) in [6.07, 6.45) is -0.594. The van der Waals surface area contributed by atoms with Crippen LogP contribution >= 0.6 is 7.60 Å². The van der Waals surface area contributed by atoms with E-state index in [-0.39, 0.29) is 5.91 Å². The van der Waals surface area contributed by atoms with Crippen molar-refractivity contribution >= 4 is 13.5 Å². The molecule has 0 aromatic carbocycles. The van der Waals surface area contributed by atoms with Gasteiger partial charge in [0.1, 0.15) is 6.29 Å². The second-order valence-electron chi connectivity index (χ2n) is 3.58. The van der Waals surface area contributed by atoms with Crippen molar-refractivity contribution in [1.29, 1.82) is 0 Å². The first-order valence-corrected chi connectivity index (χ1v) is 5.25. The van der Waals surface area contributed by atoms with E-state index in [0.29, 0.717) is 0 Å². The fourth-order valence-corrected chi connectivity index (χ4v) is 0.790. The van der Waals surface area contributed by atoms with Crippen LogP contribution in [0.1, 0.15) is 20.8 Å². The molecule has 0 saturated carbocycles. The highest BCUT2D eigenvalue weighted by atomic mass is 31.2. The molecule has 3 N–H and O–H groups in total. The largest absolute Gasteiger partial charge is 0.344 e. The molecule has 5 nitrogen and oxygen atoms in total. The Bertz CT molecular complexity index is 214. The number of nitrogens with one attached hydrogen (secondary N) is 1. The number of rotatable bonds is 2. The van der Waals surface area contributed by atoms with Gasteiger partial charge in [0, 0.05) is 5.41 Å². The van der Waals surface area contributed by atoms with Crippen LogP contribution in [-0.2, 0) is 9.36 Å². The van der Waals surface area contributed by atoms with Crippen LogP contribution in [0.4, 0.5) is 0 Å². The molecule has 12 heavy (non-hydrogen) atoms. The molecular weight excluding hydrogens is 181 g/mol. The Balaban J connectivity index is 3.98. The average Bonchev–Trinajstić information content (AvgIpc) is 1.78. The van der Waals surface area contributed by atoms with Crippen LogP contribution in [0.5, 0.6) is 0 Å². The molecule has 0 unspecified atom stereocenters. The average molecular weight is 195 g/mol. The van der Waals surface area contributed by atoms with Gasteiger partial charge in [-0.25, -0.2) is 0 Å². The van der Waals surface area contributed by atoms with E-state index in [9.17, 15) is 9.36 Å². The predicted octanol–water partition coefficient (Wildman–Crippen LogP) is 0.284. The molecule has 0 radical (unpaired) electrons. The van der Waals surface area contributed by atoms with Crippen molar-refractivity contribution in [3.8, 4) is 0 Å². The van der Waals surface area contributed by atoms with E-state index in [2.05, 4.69) is 5.32 Å². The minimum Gasteiger partial charge on any atom is -0.344 e. The van der Waals surface area contributed by atoms with E-state index in [4.69, 9.17) is 9.79 Å². The number of carbonyl (C=O) groups is 1. The van der Waals surface area contributed by atoms with E-state index in [1.54, 1.807) is 20.8 Å². The molecule has 0 fully saturated rings. The monoisotopic (exact) mass is 195 g/mol. The van der Waals surface area contributed by atoms with Gasteiger partial charge in [-0.2, -0.15) is 0 Å². The third kappa shape index (κ3) is 5.29. The molecule has 0 aliphatic rings. The molecule has 0 rings (SSSR count). The fraction of sp³-hybridized carbons (Fsp3) is 0.833. The lowest BCUT2D eigenvalue weighted by molar-refractivity contribution is -0.128. The quantitative estimate of drug-likeness (QED) is 0.552. The topological polar surface area (TPSA) is 86.6 Å². The number of carbonyl (C=O) groups excluding carboxylic acids is 1. The van der Waals surface area contributed by atoms with Crippen LogP contribution in [0.3, 0.4) is 0 Å². The Labute approximate surface area is 71.3 Å². The van der Waals surface area contributed by atoms with Gasteiger partial charge in [0.05, 0.1) is 0 Å². The Morgan fingerprint density at radius 1 is 1.42 bits per heavy atom. The van der Waals surface area contributed by atoms with Crippen LogP contribution in [0.2, 0.25) is 0 Å². The van der Waals surface area contributed by atoms with E-state index in [0.717, 1.165) is 0 Å². The first-order chi connectivity index (χ1) is 5.13. The Kier molecular flexibility index (Phi) is 3.45. The molecule has 0 spiro atoms. The van der Waals surface area contributed by atoms with Crippen molar-refractivity contribution in [3.05, 3.63) is 0 Å². The highest BCUT2D eigenvalue weighted by Crippen LogP contribution is 2.32. The zero-order chi connectivity index (χ0) is 9.99. The maximum absolute atomic E-state index is 11.1. The summed E-state index contributed by atoms with van der Waals surface area (Å²) in [5.74, 6) is -0.370. The zero-order valence-corrected chi connectivity index (χ0v) is 8.26. The van der Waals surface area contributed by atoms with Crippen molar-refractivity contribution in [1.82, 2.24) is 5.32 Å². The molecule has 0 saturated heterocycles. The highest BCUT2D eigenvalue weighted by Gasteiger charge is 2.23. The number of hydrogen-bond acceptors (Lipinski definition) is 2. The smallest absolute Gasteiger partial charge is 0.344 e. The molecule has 72 valence electrons. The summed E-state index contributed by atoms with van der Waals surface area (Å²) in [7, 11) is -4.12. The Hall–Kier alpha value is -0.380. The standard InChI is InChI=1S/C6H14NO4P/c1-6(2,3)5(8)7-4-12(9,10)11/h4H2,1-3H3,(H,7,8)(H2,9,10,11). The summed E-state index contributed by atoms with van der Waals surface area (Å²) in [5, 5.41) is 2.16. The van der Waals surface area contributed by atoms with Crippen molar-refractivity contribution < 1.29 is 19.1 Å². The van der Waals surface area contributed by atoms with Crippen molar-refractivity contribution in [2.24, 2.45) is 5.41 Å². The van der Waals surface area contributed by atoms with E-state index in [1.807, 2.05) is 0 Å². The third-order valence-electron chi connectivity index (χ3n) is 1.13. The summed E-state index contributed by atoms with van der Waals surface area (Å²) in [4.78, 5) is 27.9. The van der Waals surface area contributed by atoms with Gasteiger partial charge in [-0.05, 0) is 0 Å². The first kappa shape index (κ1) is 11.6. The first-order valence-electron chi connectivity index (χ1n) is 3.46. The van der Waals surface area contributed by atoms with Gasteiger partial charge in [0.15, 0.2) is 0 Å². The lowest BCUT2D eigenvalue weighted by atomic mass is 9.96. The summed E-state index contributed by atoms with van der Waals surface area (Å²) in [6, 6.07) is 0. The molecule has 0 aliphatic carbocycles. The van der Waals surface area contributed by atoms with E-state index in [1.165, 1.54) is 0 Å². The molecule has 0 aromatic heterocycles. The van der Waals surface area contributed by atoms with Gasteiger partial charge in [0.2, 0.25) is 5.91 Å². The van der Waals surface area contributed by atoms with Gasteiger partial charge in [0.25, 0.3) is 0 Å². The number of amides is 1. The third-order valence-corrected chi connectivity index (χ3v) is 1.70. The molecule has 1 amide bonds. The van der Waals surface area contributed by atoms with Gasteiger partial charge in [-0.15, -0.1) is 0 Å². The van der Waals surface area contributed by atoms with E-state index < -0.39 is 19.3 Å². The molecular formula is C6H14NO4P. The molecule has 6 heteroatoms. The minimum absolute atomic E-state index is 0.370. The minimum atomic E-state index is -4.12. The maximum Gasteiger partial charge on any atom is 0.344 e. The van der Waals surface area contributed by atoms with Crippen LogP contribution < -0.4 is 5.32 Å². The van der Waals surface area contributed by atoms with Crippen LogP contribution in [0, 0.1) is 5.41 Å². The fourth-order valence-electron chi connectivity index (χ4n) is 0.440. The van der Waals surface area contributed by atoms with Crippen LogP contribution in [-0.4, -0.2) is 22.0 Å². The van der Waals surface area contributed by atoms with E-state index >= 15 is 0 Å². The van der Waals surface area contributed by atoms with Gasteiger partial charge in [-0.1, -0.05) is 20.8 Å². The summed E-state index contributed by atoms with van der Waals surface area (Å²) in [6.45, 7) is 5.01. The molecule has 0 aliphatic heterocycles. The Morgan fingerprint density at radius 2 is 1.83 bits per heavy atom. The molecule has 0 atom stereocenters. The molecule has 0 heterocycles. The zero-order valence-electron chi connectivity index (χ0n) is 7.37. The van der Waals surface area contributed by atoms with Crippen LogP contribution in [0.15, 0.2) is 0 Å². The second kappa shape index (κ2) is 3.56. The highest BCUT2D eigenvalue weighted by molar-refractivity contribution is 7.51. The summed E-state index contributed by atoms with van der Waals surface area (Å²) in [5.41, 5.74) is -0.616. The molecule has 0 bridgehead atoms.